The van der Waals surface area contributed by atoms with Crippen molar-refractivity contribution in [1.82, 2.24) is 5.01 Å². The van der Waals surface area contributed by atoms with Crippen molar-refractivity contribution in [2.75, 3.05) is 6.79 Å². The van der Waals surface area contributed by atoms with Gasteiger partial charge in [-0.1, -0.05) is 29.8 Å². The van der Waals surface area contributed by atoms with Gasteiger partial charge in [0.15, 0.2) is 16.6 Å². The zero-order valence-electron chi connectivity index (χ0n) is 13.2. The van der Waals surface area contributed by atoms with Crippen molar-refractivity contribution in [3.8, 4) is 11.5 Å². The molecule has 2 aliphatic rings. The number of hydrogen-bond acceptors (Lipinski definition) is 4. The second-order valence-corrected chi connectivity index (χ2v) is 6.35. The third-order valence-corrected chi connectivity index (χ3v) is 4.49. The highest BCUT2D eigenvalue weighted by atomic mass is 32.1. The van der Waals surface area contributed by atoms with E-state index in [0.29, 0.717) is 0 Å². The largest absolute Gasteiger partial charge is 0.454 e. The summed E-state index contributed by atoms with van der Waals surface area (Å²) in [6, 6.07) is 14.2. The van der Waals surface area contributed by atoms with Gasteiger partial charge in [0.1, 0.15) is 0 Å². The van der Waals surface area contributed by atoms with Gasteiger partial charge in [0.2, 0.25) is 6.79 Å². The lowest BCUT2D eigenvalue weighted by Crippen LogP contribution is -2.31. The zero-order chi connectivity index (χ0) is 16.7. The van der Waals surface area contributed by atoms with Crippen molar-refractivity contribution in [2.24, 2.45) is 10.8 Å². The first-order valence-corrected chi connectivity index (χ1v) is 8.15. The molecule has 24 heavy (non-hydrogen) atoms. The summed E-state index contributed by atoms with van der Waals surface area (Å²) in [5.41, 5.74) is 10.2. The van der Waals surface area contributed by atoms with Gasteiger partial charge in [-0.3, -0.25) is 0 Å². The summed E-state index contributed by atoms with van der Waals surface area (Å²) in [5.74, 6) is 1.51. The molecule has 2 N–H and O–H groups in total. The topological polar surface area (TPSA) is 60.1 Å². The van der Waals surface area contributed by atoms with Crippen LogP contribution in [-0.2, 0) is 0 Å². The molecule has 2 heterocycles. The molecule has 0 aliphatic carbocycles. The van der Waals surface area contributed by atoms with Crippen LogP contribution >= 0.6 is 12.2 Å². The molecule has 1 atom stereocenters. The lowest BCUT2D eigenvalue weighted by Gasteiger charge is -2.22. The summed E-state index contributed by atoms with van der Waals surface area (Å²) < 4.78 is 10.8. The summed E-state index contributed by atoms with van der Waals surface area (Å²) in [5, 5.41) is 6.65. The van der Waals surface area contributed by atoms with E-state index in [0.717, 1.165) is 34.8 Å². The first-order chi connectivity index (χ1) is 11.6. The molecule has 4 rings (SSSR count). The molecule has 5 nitrogen and oxygen atoms in total. The molecule has 2 aliphatic heterocycles. The van der Waals surface area contributed by atoms with E-state index in [1.54, 1.807) is 5.01 Å². The molecular formula is C18H17N3O2S. The smallest absolute Gasteiger partial charge is 0.231 e. The Balaban J connectivity index is 1.66. The zero-order valence-corrected chi connectivity index (χ0v) is 14.0. The van der Waals surface area contributed by atoms with E-state index in [1.165, 1.54) is 5.56 Å². The van der Waals surface area contributed by atoms with Crippen LogP contribution in [0.4, 0.5) is 0 Å². The molecular weight excluding hydrogens is 322 g/mol. The minimum absolute atomic E-state index is 0.0172. The van der Waals surface area contributed by atoms with Crippen LogP contribution in [0.15, 0.2) is 47.6 Å². The average Bonchev–Trinajstić information content (AvgIpc) is 3.21. The number of hydrogen-bond donors (Lipinski definition) is 1. The van der Waals surface area contributed by atoms with Crippen molar-refractivity contribution in [3.05, 3.63) is 59.2 Å². The van der Waals surface area contributed by atoms with E-state index >= 15 is 0 Å². The summed E-state index contributed by atoms with van der Waals surface area (Å²) in [6.07, 6.45) is 0.736. The number of fused-ring (bicyclic) bond motifs is 1. The maximum Gasteiger partial charge on any atom is 0.231 e. The molecule has 122 valence electrons. The number of nitrogens with two attached hydrogens (primary N) is 1. The minimum atomic E-state index is 0.0172. The number of rotatable bonds is 2. The van der Waals surface area contributed by atoms with Gasteiger partial charge < -0.3 is 15.2 Å². The second kappa shape index (κ2) is 5.79. The molecule has 0 fully saturated rings. The van der Waals surface area contributed by atoms with E-state index < -0.39 is 0 Å². The Kier molecular flexibility index (Phi) is 3.61. The molecule has 0 aromatic heterocycles. The van der Waals surface area contributed by atoms with Crippen molar-refractivity contribution < 1.29 is 9.47 Å². The molecule has 1 unspecified atom stereocenters. The Morgan fingerprint density at radius 1 is 1.17 bits per heavy atom. The van der Waals surface area contributed by atoms with Crippen LogP contribution < -0.4 is 15.2 Å². The van der Waals surface area contributed by atoms with E-state index in [9.17, 15) is 0 Å². The third-order valence-electron chi connectivity index (χ3n) is 4.30. The fourth-order valence-electron chi connectivity index (χ4n) is 3.01. The number of ether oxygens (including phenoxy) is 2. The van der Waals surface area contributed by atoms with Gasteiger partial charge in [0, 0.05) is 12.0 Å². The van der Waals surface area contributed by atoms with Crippen LogP contribution in [-0.4, -0.2) is 22.6 Å². The van der Waals surface area contributed by atoms with Gasteiger partial charge in [-0.2, -0.15) is 5.10 Å². The third kappa shape index (κ3) is 2.59. The Hall–Kier alpha value is -2.60. The first-order valence-electron chi connectivity index (χ1n) is 7.74. The van der Waals surface area contributed by atoms with Crippen molar-refractivity contribution in [1.29, 1.82) is 0 Å². The number of hydrazone groups is 1. The van der Waals surface area contributed by atoms with E-state index in [4.69, 9.17) is 27.4 Å². The van der Waals surface area contributed by atoms with Gasteiger partial charge in [0.05, 0.1) is 11.8 Å². The van der Waals surface area contributed by atoms with Gasteiger partial charge in [0.25, 0.3) is 0 Å². The summed E-state index contributed by atoms with van der Waals surface area (Å²) >= 11 is 5.19. The highest BCUT2D eigenvalue weighted by Crippen LogP contribution is 2.36. The summed E-state index contributed by atoms with van der Waals surface area (Å²) in [4.78, 5) is 0. The molecule has 0 saturated heterocycles. The highest BCUT2D eigenvalue weighted by molar-refractivity contribution is 7.80. The van der Waals surface area contributed by atoms with Crippen molar-refractivity contribution in [3.63, 3.8) is 0 Å². The number of benzene rings is 2. The maximum absolute atomic E-state index is 5.89. The first kappa shape index (κ1) is 15.0. The number of aryl methyl sites for hydroxylation is 1. The molecule has 6 heteroatoms. The fraction of sp³-hybridized carbons (Fsp3) is 0.222. The predicted molar refractivity (Wildman–Crippen MR) is 96.3 cm³/mol. The molecule has 2 aromatic carbocycles. The predicted octanol–water partition coefficient (Wildman–Crippen LogP) is 3.12. The Labute approximate surface area is 145 Å². The van der Waals surface area contributed by atoms with Crippen molar-refractivity contribution >= 4 is 23.0 Å². The van der Waals surface area contributed by atoms with E-state index in [-0.39, 0.29) is 17.9 Å². The second-order valence-electron chi connectivity index (χ2n) is 5.93. The maximum atomic E-state index is 5.89. The monoisotopic (exact) mass is 339 g/mol. The van der Waals surface area contributed by atoms with E-state index in [1.807, 2.05) is 18.2 Å². The average molecular weight is 339 g/mol. The quantitative estimate of drug-likeness (QED) is 0.852. The van der Waals surface area contributed by atoms with Crippen LogP contribution in [0.1, 0.15) is 29.2 Å². The van der Waals surface area contributed by atoms with Gasteiger partial charge in [-0.05, 0) is 42.9 Å². The van der Waals surface area contributed by atoms with Gasteiger partial charge >= 0.3 is 0 Å². The normalized spacial score (nSPS) is 18.6. The summed E-state index contributed by atoms with van der Waals surface area (Å²) in [7, 11) is 0. The van der Waals surface area contributed by atoms with Crippen LogP contribution in [0.25, 0.3) is 0 Å². The molecule has 0 spiro atoms. The van der Waals surface area contributed by atoms with Crippen LogP contribution in [0.3, 0.4) is 0 Å². The Bertz CT molecular complexity index is 833. The van der Waals surface area contributed by atoms with Crippen LogP contribution in [0.2, 0.25) is 0 Å². The van der Waals surface area contributed by atoms with Crippen LogP contribution in [0.5, 0.6) is 11.5 Å². The fourth-order valence-corrected chi connectivity index (χ4v) is 3.18. The lowest BCUT2D eigenvalue weighted by molar-refractivity contribution is 0.174. The standard InChI is InChI=1S/C18H17N3O2S/c1-11-2-4-12(5-3-11)15-9-14(20-21(15)18(19)24)13-6-7-16-17(8-13)23-10-22-16/h2-8,15H,9-10H2,1H3,(H2,19,24). The molecule has 0 saturated carbocycles. The molecule has 0 bridgehead atoms. The molecule has 0 radical (unpaired) electrons. The van der Waals surface area contributed by atoms with Crippen LogP contribution in [0, 0.1) is 6.92 Å². The molecule has 0 amide bonds. The SMILES string of the molecule is Cc1ccc(C2CC(c3ccc4c(c3)OCO4)=NN2C(N)=S)cc1. The Morgan fingerprint density at radius 2 is 1.92 bits per heavy atom. The number of nitrogens with zero attached hydrogens (tertiary/aromatic N) is 2. The van der Waals surface area contributed by atoms with Gasteiger partial charge in [-0.25, -0.2) is 5.01 Å². The van der Waals surface area contributed by atoms with Crippen molar-refractivity contribution in [2.45, 2.75) is 19.4 Å². The molecule has 2 aromatic rings. The highest BCUT2D eigenvalue weighted by Gasteiger charge is 2.31. The minimum Gasteiger partial charge on any atom is -0.454 e. The number of thiocarbonyl (C=S) groups is 1. The van der Waals surface area contributed by atoms with E-state index in [2.05, 4.69) is 36.3 Å². The Morgan fingerprint density at radius 3 is 2.67 bits per heavy atom. The summed E-state index contributed by atoms with van der Waals surface area (Å²) in [6.45, 7) is 2.33. The van der Waals surface area contributed by atoms with Gasteiger partial charge in [-0.15, -0.1) is 0 Å². The lowest BCUT2D eigenvalue weighted by atomic mass is 9.97.